The first-order valence-corrected chi connectivity index (χ1v) is 8.19. The molecular formula is C20H26S. The van der Waals surface area contributed by atoms with Gasteiger partial charge < -0.3 is 0 Å². The summed E-state index contributed by atoms with van der Waals surface area (Å²) in [6, 6.07) is 14.0. The predicted octanol–water partition coefficient (Wildman–Crippen LogP) is 6.23. The van der Waals surface area contributed by atoms with E-state index in [1.807, 2.05) is 89.4 Å². The topological polar surface area (TPSA) is 0 Å². The average Bonchev–Trinajstić information content (AvgIpc) is 3.07. The zero-order valence-electron chi connectivity index (χ0n) is 14.0. The SMILES string of the molecule is CC.CC.CC#Cc1ccccc1.CC#Cc1cccs1. The molecule has 1 aromatic heterocycles. The molecule has 0 bridgehead atoms. The van der Waals surface area contributed by atoms with Crippen LogP contribution < -0.4 is 0 Å². The molecule has 0 unspecified atom stereocenters. The van der Waals surface area contributed by atoms with Gasteiger partial charge in [-0.15, -0.1) is 23.2 Å². The summed E-state index contributed by atoms with van der Waals surface area (Å²) in [7, 11) is 0. The summed E-state index contributed by atoms with van der Waals surface area (Å²) in [4.78, 5) is 1.15. The van der Waals surface area contributed by atoms with Gasteiger partial charge >= 0.3 is 0 Å². The minimum Gasteiger partial charge on any atom is -0.135 e. The van der Waals surface area contributed by atoms with Gasteiger partial charge in [0.05, 0.1) is 4.88 Å². The van der Waals surface area contributed by atoms with Crippen LogP contribution in [-0.2, 0) is 0 Å². The van der Waals surface area contributed by atoms with Crippen molar-refractivity contribution in [3.8, 4) is 23.7 Å². The fourth-order valence-corrected chi connectivity index (χ4v) is 1.76. The van der Waals surface area contributed by atoms with Crippen LogP contribution in [0.2, 0.25) is 0 Å². The zero-order chi connectivity index (χ0) is 16.3. The number of hydrogen-bond donors (Lipinski definition) is 0. The minimum absolute atomic E-state index is 1.08. The third-order valence-corrected chi connectivity index (χ3v) is 2.60. The van der Waals surface area contributed by atoms with Crippen molar-refractivity contribution in [2.75, 3.05) is 0 Å². The maximum atomic E-state index is 2.96. The zero-order valence-corrected chi connectivity index (χ0v) is 14.8. The van der Waals surface area contributed by atoms with E-state index in [4.69, 9.17) is 0 Å². The van der Waals surface area contributed by atoms with E-state index in [1.165, 1.54) is 0 Å². The van der Waals surface area contributed by atoms with Crippen molar-refractivity contribution in [2.24, 2.45) is 0 Å². The van der Waals surface area contributed by atoms with Gasteiger partial charge in [0.25, 0.3) is 0 Å². The summed E-state index contributed by atoms with van der Waals surface area (Å²) in [5, 5.41) is 2.03. The van der Waals surface area contributed by atoms with Crippen molar-refractivity contribution < 1.29 is 0 Å². The largest absolute Gasteiger partial charge is 0.135 e. The monoisotopic (exact) mass is 298 g/mol. The summed E-state index contributed by atoms with van der Waals surface area (Å²) in [6.45, 7) is 11.7. The van der Waals surface area contributed by atoms with Crippen LogP contribution in [-0.4, -0.2) is 0 Å². The molecule has 1 heterocycles. The molecule has 2 rings (SSSR count). The Kier molecular flexibility index (Phi) is 18.3. The van der Waals surface area contributed by atoms with Crippen LogP contribution in [0.1, 0.15) is 52.0 Å². The average molecular weight is 298 g/mol. The molecule has 1 aromatic carbocycles. The van der Waals surface area contributed by atoms with Gasteiger partial charge in [-0.05, 0) is 37.4 Å². The first-order valence-electron chi connectivity index (χ1n) is 7.31. The lowest BCUT2D eigenvalue weighted by molar-refractivity contribution is 1.50. The summed E-state index contributed by atoms with van der Waals surface area (Å²) in [5.74, 6) is 11.6. The van der Waals surface area contributed by atoms with Gasteiger partial charge in [0.15, 0.2) is 0 Å². The minimum atomic E-state index is 1.08. The Bertz CT molecular complexity index is 528. The van der Waals surface area contributed by atoms with Crippen molar-refractivity contribution in [3.05, 3.63) is 58.3 Å². The Morgan fingerprint density at radius 1 is 0.714 bits per heavy atom. The Morgan fingerprint density at radius 2 is 1.29 bits per heavy atom. The molecule has 1 heteroatoms. The second-order valence-electron chi connectivity index (χ2n) is 3.09. The number of rotatable bonds is 0. The molecule has 0 saturated carbocycles. The summed E-state index contributed by atoms with van der Waals surface area (Å²) in [5.41, 5.74) is 1.08. The van der Waals surface area contributed by atoms with E-state index in [0.29, 0.717) is 0 Å². The predicted molar refractivity (Wildman–Crippen MR) is 98.6 cm³/mol. The highest BCUT2D eigenvalue weighted by atomic mass is 32.1. The van der Waals surface area contributed by atoms with Crippen LogP contribution in [0.25, 0.3) is 0 Å². The lowest BCUT2D eigenvalue weighted by Gasteiger charge is -1.83. The van der Waals surface area contributed by atoms with Crippen LogP contribution in [0.4, 0.5) is 0 Å². The molecule has 0 amide bonds. The van der Waals surface area contributed by atoms with Crippen molar-refractivity contribution in [1.29, 1.82) is 0 Å². The Hall–Kier alpha value is -1.96. The number of thiophene rings is 1. The molecule has 0 N–H and O–H groups in total. The van der Waals surface area contributed by atoms with Gasteiger partial charge in [-0.2, -0.15) is 0 Å². The molecule has 0 saturated heterocycles. The smallest absolute Gasteiger partial charge is 0.0768 e. The molecule has 0 radical (unpaired) electrons. The van der Waals surface area contributed by atoms with Crippen molar-refractivity contribution in [2.45, 2.75) is 41.5 Å². The Balaban J connectivity index is 0. The lowest BCUT2D eigenvalue weighted by Crippen LogP contribution is -1.67. The van der Waals surface area contributed by atoms with Crippen LogP contribution in [0.5, 0.6) is 0 Å². The van der Waals surface area contributed by atoms with E-state index in [0.717, 1.165) is 10.4 Å². The molecule has 0 aliphatic heterocycles. The van der Waals surface area contributed by atoms with Crippen LogP contribution in [0, 0.1) is 23.7 Å². The molecule has 0 atom stereocenters. The van der Waals surface area contributed by atoms with Crippen molar-refractivity contribution >= 4 is 11.3 Å². The van der Waals surface area contributed by atoms with E-state index in [1.54, 1.807) is 11.3 Å². The fourth-order valence-electron chi connectivity index (χ4n) is 1.14. The first kappa shape index (κ1) is 21.3. The first-order chi connectivity index (χ1) is 10.4. The molecule has 0 fully saturated rings. The third kappa shape index (κ3) is 12.8. The molecule has 0 spiro atoms. The maximum Gasteiger partial charge on any atom is 0.0768 e. The van der Waals surface area contributed by atoms with E-state index in [9.17, 15) is 0 Å². The molecule has 21 heavy (non-hydrogen) atoms. The van der Waals surface area contributed by atoms with Gasteiger partial charge in [-0.1, -0.05) is 63.8 Å². The van der Waals surface area contributed by atoms with Gasteiger partial charge in [-0.25, -0.2) is 0 Å². The van der Waals surface area contributed by atoms with Gasteiger partial charge in [-0.3, -0.25) is 0 Å². The Morgan fingerprint density at radius 3 is 1.71 bits per heavy atom. The molecule has 112 valence electrons. The van der Waals surface area contributed by atoms with E-state index < -0.39 is 0 Å². The molecule has 0 nitrogen and oxygen atoms in total. The standard InChI is InChI=1S/C9H8.C7H6S.2C2H6/c1-2-6-9-7-4-3-5-8-9;1-2-4-7-5-3-6-8-7;2*1-2/h3-5,7-8H,1H3;3,5-6H,1H3;2*1-2H3. The second kappa shape index (κ2) is 18.0. The van der Waals surface area contributed by atoms with Gasteiger partial charge in [0.1, 0.15) is 0 Å². The Labute approximate surface area is 135 Å². The van der Waals surface area contributed by atoms with Crippen LogP contribution in [0.3, 0.4) is 0 Å². The highest BCUT2D eigenvalue weighted by molar-refractivity contribution is 7.10. The normalized spacial score (nSPS) is 6.76. The van der Waals surface area contributed by atoms with Crippen LogP contribution >= 0.6 is 11.3 Å². The van der Waals surface area contributed by atoms with E-state index >= 15 is 0 Å². The molecular weight excluding hydrogens is 272 g/mol. The molecule has 0 aliphatic rings. The fraction of sp³-hybridized carbons (Fsp3) is 0.300. The van der Waals surface area contributed by atoms with Crippen LogP contribution in [0.15, 0.2) is 47.8 Å². The summed E-state index contributed by atoms with van der Waals surface area (Å²) < 4.78 is 0. The summed E-state index contributed by atoms with van der Waals surface area (Å²) in [6.07, 6.45) is 0. The van der Waals surface area contributed by atoms with E-state index in [2.05, 4.69) is 23.7 Å². The van der Waals surface area contributed by atoms with Gasteiger partial charge in [0.2, 0.25) is 0 Å². The lowest BCUT2D eigenvalue weighted by atomic mass is 10.2. The quantitative estimate of drug-likeness (QED) is 0.506. The molecule has 2 aromatic rings. The van der Waals surface area contributed by atoms with E-state index in [-0.39, 0.29) is 0 Å². The maximum absolute atomic E-state index is 2.96. The van der Waals surface area contributed by atoms with Crippen molar-refractivity contribution in [1.82, 2.24) is 0 Å². The summed E-state index contributed by atoms with van der Waals surface area (Å²) >= 11 is 1.67. The third-order valence-electron chi connectivity index (χ3n) is 1.81. The van der Waals surface area contributed by atoms with Crippen molar-refractivity contribution in [3.63, 3.8) is 0 Å². The number of benzene rings is 1. The highest BCUT2D eigenvalue weighted by Crippen LogP contribution is 2.04. The second-order valence-corrected chi connectivity index (χ2v) is 4.04. The highest BCUT2D eigenvalue weighted by Gasteiger charge is 1.80. The molecule has 0 aliphatic carbocycles. The number of hydrogen-bond acceptors (Lipinski definition) is 1. The van der Waals surface area contributed by atoms with Gasteiger partial charge in [0, 0.05) is 5.56 Å².